The van der Waals surface area contributed by atoms with Gasteiger partial charge >= 0.3 is 0 Å². The zero-order chi connectivity index (χ0) is 8.32. The van der Waals surface area contributed by atoms with E-state index in [1.807, 2.05) is 0 Å². The van der Waals surface area contributed by atoms with Crippen LogP contribution in [0.4, 0.5) is 0 Å². The molecule has 1 rings (SSSR count). The van der Waals surface area contributed by atoms with Gasteiger partial charge in [-0.15, -0.1) is 0 Å². The fraction of sp³-hybridized carbons (Fsp3) is 0.833. The smallest absolute Gasteiger partial charge is 0.214 e. The molecule has 0 spiro atoms. The molecule has 0 aromatic carbocycles. The normalized spacial score (nSPS) is 21.9. The van der Waals surface area contributed by atoms with Gasteiger partial charge in [0, 0.05) is 26.2 Å². The largest absolute Gasteiger partial charge is 0.314 e. The lowest BCUT2D eigenvalue weighted by Crippen LogP contribution is -2.46. The maximum absolute atomic E-state index is 11.2. The highest BCUT2D eigenvalue weighted by molar-refractivity contribution is 7.89. The molecule has 0 atom stereocenters. The van der Waals surface area contributed by atoms with Gasteiger partial charge in [-0.25, -0.2) is 8.42 Å². The molecule has 0 amide bonds. The second-order valence-electron chi connectivity index (χ2n) is 2.47. The summed E-state index contributed by atoms with van der Waals surface area (Å²) in [6, 6.07) is 0. The molecule has 1 saturated heterocycles. The Bertz CT molecular complexity index is 207. The van der Waals surface area contributed by atoms with Crippen molar-refractivity contribution in [2.45, 2.75) is 0 Å². The Hall–Kier alpha value is -0.130. The maximum atomic E-state index is 11.2. The number of piperazine rings is 1. The van der Waals surface area contributed by atoms with Gasteiger partial charge in [0.05, 0.1) is 5.75 Å². The fourth-order valence-corrected chi connectivity index (χ4v) is 2.05. The molecule has 0 saturated carbocycles. The minimum atomic E-state index is -3.04. The van der Waals surface area contributed by atoms with Crippen LogP contribution in [-0.2, 0) is 10.0 Å². The zero-order valence-electron chi connectivity index (χ0n) is 6.41. The molecular formula is C6H13N2O2S. The van der Waals surface area contributed by atoms with Gasteiger partial charge in [-0.1, -0.05) is 0 Å². The van der Waals surface area contributed by atoms with E-state index in [9.17, 15) is 8.42 Å². The lowest BCUT2D eigenvalue weighted by Gasteiger charge is -2.25. The highest BCUT2D eigenvalue weighted by Crippen LogP contribution is 2.01. The van der Waals surface area contributed by atoms with E-state index in [-0.39, 0.29) is 5.75 Å². The average molecular weight is 177 g/mol. The summed E-state index contributed by atoms with van der Waals surface area (Å²) in [4.78, 5) is 0. The third-order valence-electron chi connectivity index (χ3n) is 1.73. The fourth-order valence-electron chi connectivity index (χ4n) is 1.05. The summed E-state index contributed by atoms with van der Waals surface area (Å²) in [5.41, 5.74) is 0. The van der Waals surface area contributed by atoms with Gasteiger partial charge < -0.3 is 5.32 Å². The molecule has 65 valence electrons. The molecule has 1 aliphatic rings. The van der Waals surface area contributed by atoms with E-state index in [2.05, 4.69) is 12.2 Å². The molecule has 11 heavy (non-hydrogen) atoms. The first kappa shape index (κ1) is 8.96. The predicted octanol–water partition coefficient (Wildman–Crippen LogP) is -0.945. The van der Waals surface area contributed by atoms with Gasteiger partial charge in [0.25, 0.3) is 0 Å². The molecule has 4 nitrogen and oxygen atoms in total. The molecule has 1 fully saturated rings. The minimum absolute atomic E-state index is 0.0347. The predicted molar refractivity (Wildman–Crippen MR) is 43.6 cm³/mol. The van der Waals surface area contributed by atoms with Crippen LogP contribution in [0.15, 0.2) is 0 Å². The lowest BCUT2D eigenvalue weighted by atomic mass is 10.4. The Kier molecular flexibility index (Phi) is 2.86. The van der Waals surface area contributed by atoms with Gasteiger partial charge in [-0.05, 0) is 6.92 Å². The molecule has 0 aliphatic carbocycles. The highest BCUT2D eigenvalue weighted by Gasteiger charge is 2.20. The second kappa shape index (κ2) is 3.51. The molecule has 0 unspecified atom stereocenters. The van der Waals surface area contributed by atoms with Crippen molar-refractivity contribution < 1.29 is 8.42 Å². The Morgan fingerprint density at radius 2 is 1.91 bits per heavy atom. The molecule has 5 heteroatoms. The van der Waals surface area contributed by atoms with E-state index >= 15 is 0 Å². The number of hydrogen-bond acceptors (Lipinski definition) is 3. The van der Waals surface area contributed by atoms with Crippen LogP contribution in [-0.4, -0.2) is 44.7 Å². The van der Waals surface area contributed by atoms with Crippen LogP contribution in [0.25, 0.3) is 0 Å². The number of hydrogen-bond donors (Lipinski definition) is 1. The van der Waals surface area contributed by atoms with E-state index in [1.54, 1.807) is 0 Å². The Balaban J connectivity index is 2.58. The Morgan fingerprint density at radius 3 is 2.36 bits per heavy atom. The van der Waals surface area contributed by atoms with E-state index in [4.69, 9.17) is 0 Å². The molecular weight excluding hydrogens is 164 g/mol. The quantitative estimate of drug-likeness (QED) is 0.592. The second-order valence-corrected chi connectivity index (χ2v) is 4.55. The van der Waals surface area contributed by atoms with Crippen molar-refractivity contribution in [1.29, 1.82) is 0 Å². The van der Waals surface area contributed by atoms with Crippen LogP contribution in [0.3, 0.4) is 0 Å². The third-order valence-corrected chi connectivity index (χ3v) is 3.40. The van der Waals surface area contributed by atoms with Crippen molar-refractivity contribution in [2.75, 3.05) is 31.9 Å². The number of rotatable bonds is 2. The molecule has 1 aliphatic heterocycles. The van der Waals surface area contributed by atoms with Crippen molar-refractivity contribution >= 4 is 10.0 Å². The molecule has 0 aromatic heterocycles. The highest BCUT2D eigenvalue weighted by atomic mass is 32.2. The first-order valence-electron chi connectivity index (χ1n) is 3.64. The van der Waals surface area contributed by atoms with Crippen LogP contribution in [0.1, 0.15) is 0 Å². The van der Waals surface area contributed by atoms with Gasteiger partial charge in [-0.2, -0.15) is 4.31 Å². The van der Waals surface area contributed by atoms with Crippen LogP contribution in [0, 0.1) is 6.92 Å². The van der Waals surface area contributed by atoms with Gasteiger partial charge in [0.1, 0.15) is 0 Å². The number of nitrogens with zero attached hydrogens (tertiary/aromatic N) is 1. The van der Waals surface area contributed by atoms with Crippen LogP contribution < -0.4 is 5.32 Å². The average Bonchev–Trinajstić information content (AvgIpc) is 2.06. The van der Waals surface area contributed by atoms with Crippen molar-refractivity contribution in [1.82, 2.24) is 9.62 Å². The van der Waals surface area contributed by atoms with E-state index in [0.717, 1.165) is 13.1 Å². The summed E-state index contributed by atoms with van der Waals surface area (Å²) in [6.45, 7) is 6.04. The molecule has 1 radical (unpaired) electrons. The van der Waals surface area contributed by atoms with Crippen molar-refractivity contribution in [3.05, 3.63) is 6.92 Å². The maximum Gasteiger partial charge on any atom is 0.214 e. The zero-order valence-corrected chi connectivity index (χ0v) is 7.23. The monoisotopic (exact) mass is 177 g/mol. The number of nitrogens with one attached hydrogen (secondary N) is 1. The molecule has 1 heterocycles. The van der Waals surface area contributed by atoms with Crippen molar-refractivity contribution in [2.24, 2.45) is 0 Å². The van der Waals surface area contributed by atoms with Gasteiger partial charge in [0.2, 0.25) is 10.0 Å². The van der Waals surface area contributed by atoms with E-state index in [1.165, 1.54) is 4.31 Å². The molecule has 0 bridgehead atoms. The summed E-state index contributed by atoms with van der Waals surface area (Å²) < 4.78 is 23.9. The van der Waals surface area contributed by atoms with Crippen molar-refractivity contribution in [3.8, 4) is 0 Å². The van der Waals surface area contributed by atoms with Crippen LogP contribution in [0.2, 0.25) is 0 Å². The molecule has 0 aromatic rings. The van der Waals surface area contributed by atoms with Crippen molar-refractivity contribution in [3.63, 3.8) is 0 Å². The minimum Gasteiger partial charge on any atom is -0.314 e. The topological polar surface area (TPSA) is 49.4 Å². The van der Waals surface area contributed by atoms with E-state index in [0.29, 0.717) is 13.1 Å². The summed E-state index contributed by atoms with van der Waals surface area (Å²) in [7, 11) is -3.04. The Labute approximate surface area is 67.6 Å². The SMILES string of the molecule is [CH2]CS(=O)(=O)N1CCNCC1. The summed E-state index contributed by atoms with van der Waals surface area (Å²) in [5, 5.41) is 3.08. The summed E-state index contributed by atoms with van der Waals surface area (Å²) in [6.07, 6.45) is 0. The van der Waals surface area contributed by atoms with Gasteiger partial charge in [0.15, 0.2) is 0 Å². The van der Waals surface area contributed by atoms with Gasteiger partial charge in [-0.3, -0.25) is 0 Å². The van der Waals surface area contributed by atoms with Crippen LogP contribution in [0.5, 0.6) is 0 Å². The molecule has 1 N–H and O–H groups in total. The summed E-state index contributed by atoms with van der Waals surface area (Å²) in [5.74, 6) is -0.0347. The first-order valence-corrected chi connectivity index (χ1v) is 5.25. The summed E-state index contributed by atoms with van der Waals surface area (Å²) >= 11 is 0. The number of sulfonamides is 1. The third kappa shape index (κ3) is 2.15. The van der Waals surface area contributed by atoms with Crippen LogP contribution >= 0.6 is 0 Å². The first-order chi connectivity index (χ1) is 5.17. The standard InChI is InChI=1S/C6H13N2O2S/c1-2-11(9,10)8-5-3-7-4-6-8/h7H,1-6H2. The van der Waals surface area contributed by atoms with E-state index < -0.39 is 10.0 Å². The Morgan fingerprint density at radius 1 is 1.36 bits per heavy atom. The lowest BCUT2D eigenvalue weighted by molar-refractivity contribution is 0.361.